The number of rotatable bonds is 5. The van der Waals surface area contributed by atoms with Crippen LogP contribution in [-0.2, 0) is 11.3 Å². The molecule has 1 fully saturated rings. The molecule has 1 aromatic rings. The predicted octanol–water partition coefficient (Wildman–Crippen LogP) is 0.865. The van der Waals surface area contributed by atoms with Crippen LogP contribution < -0.4 is 10.2 Å². The first-order chi connectivity index (χ1) is 10.2. The molecular formula is C14H23N5O2. The van der Waals surface area contributed by atoms with Crippen molar-refractivity contribution in [3.05, 3.63) is 18.0 Å². The van der Waals surface area contributed by atoms with Gasteiger partial charge in [0.25, 0.3) is 0 Å². The average molecular weight is 293 g/mol. The Balaban J connectivity index is 1.85. The Labute approximate surface area is 125 Å². The molecule has 116 valence electrons. The van der Waals surface area contributed by atoms with Crippen LogP contribution in [0.1, 0.15) is 19.4 Å². The lowest BCUT2D eigenvalue weighted by Gasteiger charge is -2.33. The molecule has 1 saturated heterocycles. The molecular weight excluding hydrogens is 270 g/mol. The van der Waals surface area contributed by atoms with E-state index < -0.39 is 0 Å². The summed E-state index contributed by atoms with van der Waals surface area (Å²) in [4.78, 5) is 24.2. The molecule has 7 nitrogen and oxygen atoms in total. The number of amides is 1. The Morgan fingerprint density at radius 1 is 1.24 bits per heavy atom. The van der Waals surface area contributed by atoms with Gasteiger partial charge in [0.15, 0.2) is 0 Å². The number of ether oxygens (including phenoxy) is 1. The molecule has 1 aromatic heterocycles. The van der Waals surface area contributed by atoms with E-state index in [-0.39, 0.29) is 6.09 Å². The lowest BCUT2D eigenvalue weighted by atomic mass is 10.3. The number of hydrogen-bond acceptors (Lipinski definition) is 6. The third-order valence-electron chi connectivity index (χ3n) is 3.36. The van der Waals surface area contributed by atoms with Crippen LogP contribution in [0.25, 0.3) is 0 Å². The molecule has 0 aromatic carbocycles. The second kappa shape index (κ2) is 7.78. The van der Waals surface area contributed by atoms with E-state index in [1.165, 1.54) is 0 Å². The van der Waals surface area contributed by atoms with Gasteiger partial charge in [-0.2, -0.15) is 0 Å². The number of piperazine rings is 1. The van der Waals surface area contributed by atoms with Gasteiger partial charge >= 0.3 is 6.09 Å². The summed E-state index contributed by atoms with van der Waals surface area (Å²) in [6.45, 7) is 8.75. The smallest absolute Gasteiger partial charge is 0.409 e. The quantitative estimate of drug-likeness (QED) is 0.868. The van der Waals surface area contributed by atoms with Crippen molar-refractivity contribution >= 4 is 12.0 Å². The van der Waals surface area contributed by atoms with E-state index >= 15 is 0 Å². The van der Waals surface area contributed by atoms with Crippen molar-refractivity contribution in [1.29, 1.82) is 0 Å². The van der Waals surface area contributed by atoms with Gasteiger partial charge in [0.05, 0.1) is 6.61 Å². The molecule has 2 heterocycles. The topological polar surface area (TPSA) is 70.6 Å². The Kier molecular flexibility index (Phi) is 5.74. The lowest BCUT2D eigenvalue weighted by molar-refractivity contribution is 0.105. The number of nitrogens with one attached hydrogen (secondary N) is 1. The van der Waals surface area contributed by atoms with Gasteiger partial charge in [-0.25, -0.2) is 14.8 Å². The summed E-state index contributed by atoms with van der Waals surface area (Å²) in [6, 6.07) is 0. The molecule has 0 atom stereocenters. The maximum Gasteiger partial charge on any atom is 0.409 e. The predicted molar refractivity (Wildman–Crippen MR) is 80.2 cm³/mol. The molecule has 0 radical (unpaired) electrons. The van der Waals surface area contributed by atoms with Crippen LogP contribution in [0.2, 0.25) is 0 Å². The van der Waals surface area contributed by atoms with Crippen molar-refractivity contribution in [1.82, 2.24) is 20.2 Å². The standard InChI is InChI=1S/C14H23N5O2/c1-3-15-9-12-10-16-13(17-11-12)18-5-7-19(8-6-18)14(20)21-4-2/h10-11,15H,3-9H2,1-2H3. The minimum absolute atomic E-state index is 0.237. The van der Waals surface area contributed by atoms with E-state index in [2.05, 4.69) is 27.1 Å². The van der Waals surface area contributed by atoms with Crippen molar-refractivity contribution in [2.24, 2.45) is 0 Å². The van der Waals surface area contributed by atoms with E-state index in [4.69, 9.17) is 4.74 Å². The fraction of sp³-hybridized carbons (Fsp3) is 0.643. The van der Waals surface area contributed by atoms with Crippen LogP contribution in [-0.4, -0.2) is 60.3 Å². The summed E-state index contributed by atoms with van der Waals surface area (Å²) in [7, 11) is 0. The third-order valence-corrected chi connectivity index (χ3v) is 3.36. The molecule has 0 bridgehead atoms. The van der Waals surface area contributed by atoms with E-state index in [0.717, 1.165) is 37.7 Å². The molecule has 1 aliphatic heterocycles. The fourth-order valence-electron chi connectivity index (χ4n) is 2.18. The summed E-state index contributed by atoms with van der Waals surface area (Å²) >= 11 is 0. The first-order valence-electron chi connectivity index (χ1n) is 7.42. The van der Waals surface area contributed by atoms with Crippen molar-refractivity contribution in [2.75, 3.05) is 44.2 Å². The average Bonchev–Trinajstić information content (AvgIpc) is 2.54. The molecule has 1 aliphatic rings. The molecule has 2 rings (SSSR count). The monoisotopic (exact) mass is 293 g/mol. The van der Waals surface area contributed by atoms with Crippen LogP contribution >= 0.6 is 0 Å². The highest BCUT2D eigenvalue weighted by atomic mass is 16.6. The van der Waals surface area contributed by atoms with Crippen molar-refractivity contribution in [3.63, 3.8) is 0 Å². The van der Waals surface area contributed by atoms with Gasteiger partial charge < -0.3 is 19.9 Å². The second-order valence-electron chi connectivity index (χ2n) is 4.84. The van der Waals surface area contributed by atoms with Crippen molar-refractivity contribution in [3.8, 4) is 0 Å². The maximum atomic E-state index is 11.6. The summed E-state index contributed by atoms with van der Waals surface area (Å²) < 4.78 is 5.01. The summed E-state index contributed by atoms with van der Waals surface area (Å²) in [5.41, 5.74) is 1.07. The van der Waals surface area contributed by atoms with Crippen LogP contribution in [0, 0.1) is 0 Å². The number of anilines is 1. The molecule has 0 aliphatic carbocycles. The van der Waals surface area contributed by atoms with E-state index in [0.29, 0.717) is 19.7 Å². The van der Waals surface area contributed by atoms with Crippen molar-refractivity contribution < 1.29 is 9.53 Å². The Bertz CT molecular complexity index is 443. The minimum Gasteiger partial charge on any atom is -0.450 e. The minimum atomic E-state index is -0.237. The van der Waals surface area contributed by atoms with Crippen LogP contribution in [0.3, 0.4) is 0 Å². The molecule has 1 amide bonds. The van der Waals surface area contributed by atoms with Gasteiger partial charge in [0, 0.05) is 50.7 Å². The molecule has 0 unspecified atom stereocenters. The fourth-order valence-corrected chi connectivity index (χ4v) is 2.18. The molecule has 21 heavy (non-hydrogen) atoms. The highest BCUT2D eigenvalue weighted by molar-refractivity contribution is 5.68. The number of aromatic nitrogens is 2. The Morgan fingerprint density at radius 3 is 2.48 bits per heavy atom. The van der Waals surface area contributed by atoms with Crippen LogP contribution in [0.15, 0.2) is 12.4 Å². The Hall–Kier alpha value is -1.89. The largest absolute Gasteiger partial charge is 0.450 e. The van der Waals surface area contributed by atoms with E-state index in [1.54, 1.807) is 4.90 Å². The zero-order valence-corrected chi connectivity index (χ0v) is 12.7. The molecule has 7 heteroatoms. The zero-order valence-electron chi connectivity index (χ0n) is 12.7. The second-order valence-corrected chi connectivity index (χ2v) is 4.84. The zero-order chi connectivity index (χ0) is 15.1. The molecule has 0 saturated carbocycles. The number of carbonyl (C=O) groups excluding carboxylic acids is 1. The summed E-state index contributed by atoms with van der Waals surface area (Å²) in [5, 5.41) is 3.24. The Morgan fingerprint density at radius 2 is 1.90 bits per heavy atom. The first kappa shape index (κ1) is 15.5. The van der Waals surface area contributed by atoms with E-state index in [9.17, 15) is 4.79 Å². The van der Waals surface area contributed by atoms with Gasteiger partial charge in [-0.05, 0) is 13.5 Å². The molecule has 0 spiro atoms. The highest BCUT2D eigenvalue weighted by Gasteiger charge is 2.23. The SMILES string of the molecule is CCNCc1cnc(N2CCN(C(=O)OCC)CC2)nc1. The van der Waals surface area contributed by atoms with Gasteiger partial charge in [0.1, 0.15) is 0 Å². The summed E-state index contributed by atoms with van der Waals surface area (Å²) in [6.07, 6.45) is 3.46. The summed E-state index contributed by atoms with van der Waals surface area (Å²) in [5.74, 6) is 0.721. The third kappa shape index (κ3) is 4.29. The lowest BCUT2D eigenvalue weighted by Crippen LogP contribution is -2.49. The maximum absolute atomic E-state index is 11.6. The number of hydrogen-bond donors (Lipinski definition) is 1. The first-order valence-corrected chi connectivity index (χ1v) is 7.42. The molecule has 1 N–H and O–H groups in total. The normalized spacial score (nSPS) is 15.1. The highest BCUT2D eigenvalue weighted by Crippen LogP contribution is 2.11. The van der Waals surface area contributed by atoms with Crippen molar-refractivity contribution in [2.45, 2.75) is 20.4 Å². The number of carbonyl (C=O) groups is 1. The number of nitrogens with zero attached hydrogens (tertiary/aromatic N) is 4. The van der Waals surface area contributed by atoms with E-state index in [1.807, 2.05) is 19.3 Å². The van der Waals surface area contributed by atoms with Gasteiger partial charge in [-0.15, -0.1) is 0 Å². The van der Waals surface area contributed by atoms with Gasteiger partial charge in [0.2, 0.25) is 5.95 Å². The van der Waals surface area contributed by atoms with Gasteiger partial charge in [-0.3, -0.25) is 0 Å². The van der Waals surface area contributed by atoms with Crippen LogP contribution in [0.4, 0.5) is 10.7 Å². The van der Waals surface area contributed by atoms with Gasteiger partial charge in [-0.1, -0.05) is 6.92 Å². The van der Waals surface area contributed by atoms with Crippen LogP contribution in [0.5, 0.6) is 0 Å².